The Bertz CT molecular complexity index is 873. The maximum absolute atomic E-state index is 13.3. The lowest BCUT2D eigenvalue weighted by atomic mass is 10.2. The Kier molecular flexibility index (Phi) is 3.14. The highest BCUT2D eigenvalue weighted by Crippen LogP contribution is 2.22. The molecule has 3 nitrogen and oxygen atoms in total. The minimum atomic E-state index is -0.524. The minimum absolute atomic E-state index is 0.252. The number of benzene rings is 1. The van der Waals surface area contributed by atoms with Gasteiger partial charge in [-0.1, -0.05) is 18.2 Å². The third-order valence-electron chi connectivity index (χ3n) is 3.15. The fraction of sp³-hybridized carbons (Fsp3) is 0.0667. The van der Waals surface area contributed by atoms with E-state index in [-0.39, 0.29) is 10.9 Å². The van der Waals surface area contributed by atoms with Gasteiger partial charge in [-0.05, 0) is 40.5 Å². The van der Waals surface area contributed by atoms with Crippen LogP contribution in [0.5, 0.6) is 0 Å². The molecule has 0 bridgehead atoms. The summed E-state index contributed by atoms with van der Waals surface area (Å²) in [5, 5.41) is 0.252. The number of hydrogen-bond acceptors (Lipinski definition) is 2. The summed E-state index contributed by atoms with van der Waals surface area (Å²) in [5.74, 6) is -0.524. The molecule has 0 aliphatic rings. The normalized spacial score (nSPS) is 10.9. The number of halogens is 2. The summed E-state index contributed by atoms with van der Waals surface area (Å²) in [6.45, 7) is 1.92. The molecule has 0 saturated heterocycles. The largest absolute Gasteiger partial charge is 0.282 e. The molecule has 0 saturated carbocycles. The molecule has 0 amide bonds. The van der Waals surface area contributed by atoms with Crippen molar-refractivity contribution in [2.24, 2.45) is 0 Å². The van der Waals surface area contributed by atoms with E-state index < -0.39 is 5.82 Å². The third-order valence-corrected chi connectivity index (χ3v) is 3.73. The molecular weight excluding hydrogens is 323 g/mol. The van der Waals surface area contributed by atoms with Crippen molar-refractivity contribution in [2.75, 3.05) is 0 Å². The highest BCUT2D eigenvalue weighted by Gasteiger charge is 2.11. The molecule has 0 aliphatic carbocycles. The molecule has 0 atom stereocenters. The Labute approximate surface area is 122 Å². The molecule has 0 aliphatic heterocycles. The fourth-order valence-corrected chi connectivity index (χ4v) is 2.69. The van der Waals surface area contributed by atoms with Crippen molar-refractivity contribution in [1.82, 2.24) is 9.55 Å². The lowest BCUT2D eigenvalue weighted by molar-refractivity contribution is 0.624. The van der Waals surface area contributed by atoms with Crippen LogP contribution in [0.2, 0.25) is 0 Å². The van der Waals surface area contributed by atoms with Gasteiger partial charge in [-0.3, -0.25) is 14.3 Å². The first-order valence-electron chi connectivity index (χ1n) is 6.00. The van der Waals surface area contributed by atoms with Crippen molar-refractivity contribution in [3.63, 3.8) is 0 Å². The van der Waals surface area contributed by atoms with Crippen LogP contribution in [0, 0.1) is 12.7 Å². The van der Waals surface area contributed by atoms with Crippen molar-refractivity contribution in [2.45, 2.75) is 6.92 Å². The van der Waals surface area contributed by atoms with Gasteiger partial charge in [-0.15, -0.1) is 0 Å². The van der Waals surface area contributed by atoms with Crippen LogP contribution < -0.4 is 5.56 Å². The Morgan fingerprint density at radius 1 is 1.30 bits per heavy atom. The van der Waals surface area contributed by atoms with Crippen molar-refractivity contribution >= 4 is 26.8 Å². The van der Waals surface area contributed by atoms with Gasteiger partial charge in [0.1, 0.15) is 5.82 Å². The van der Waals surface area contributed by atoms with E-state index in [4.69, 9.17) is 0 Å². The van der Waals surface area contributed by atoms with Crippen LogP contribution in [-0.2, 0) is 0 Å². The number of aryl methyl sites for hydroxylation is 1. The third kappa shape index (κ3) is 2.04. The van der Waals surface area contributed by atoms with Crippen LogP contribution in [-0.4, -0.2) is 9.55 Å². The fourth-order valence-electron chi connectivity index (χ4n) is 2.17. The molecule has 0 unspecified atom stereocenters. The van der Waals surface area contributed by atoms with Crippen molar-refractivity contribution in [3.05, 3.63) is 68.9 Å². The van der Waals surface area contributed by atoms with Gasteiger partial charge in [0.05, 0.1) is 27.3 Å². The zero-order valence-electron chi connectivity index (χ0n) is 10.6. The van der Waals surface area contributed by atoms with Gasteiger partial charge in [0, 0.05) is 6.20 Å². The summed E-state index contributed by atoms with van der Waals surface area (Å²) >= 11 is 3.38. The average Bonchev–Trinajstić information content (AvgIpc) is 2.43. The van der Waals surface area contributed by atoms with E-state index in [2.05, 4.69) is 20.9 Å². The number of para-hydroxylation sites is 1. The molecule has 3 rings (SSSR count). The van der Waals surface area contributed by atoms with E-state index in [1.807, 2.05) is 31.2 Å². The second-order valence-electron chi connectivity index (χ2n) is 4.49. The van der Waals surface area contributed by atoms with Gasteiger partial charge in [0.15, 0.2) is 0 Å². The zero-order valence-corrected chi connectivity index (χ0v) is 12.2. The monoisotopic (exact) mass is 332 g/mol. The smallest absolute Gasteiger partial charge is 0.264 e. The Morgan fingerprint density at radius 2 is 2.05 bits per heavy atom. The maximum Gasteiger partial charge on any atom is 0.264 e. The van der Waals surface area contributed by atoms with E-state index in [9.17, 15) is 9.18 Å². The molecule has 0 spiro atoms. The van der Waals surface area contributed by atoms with Crippen LogP contribution in [0.25, 0.3) is 16.6 Å². The van der Waals surface area contributed by atoms with Gasteiger partial charge >= 0.3 is 0 Å². The average molecular weight is 333 g/mol. The lowest BCUT2D eigenvalue weighted by Gasteiger charge is -2.11. The van der Waals surface area contributed by atoms with Gasteiger partial charge in [0.25, 0.3) is 5.56 Å². The van der Waals surface area contributed by atoms with Gasteiger partial charge in [-0.25, -0.2) is 4.39 Å². The number of nitrogens with zero attached hydrogens (tertiary/aromatic N) is 2. The number of aromatic nitrogens is 2. The summed E-state index contributed by atoms with van der Waals surface area (Å²) in [7, 11) is 0. The second kappa shape index (κ2) is 4.83. The standard InChI is InChI=1S/C15H10BrFN2O/c1-9-4-2-3-5-13(9)19-8-12(16)14-11(15(19)20)6-10(17)7-18-14/h2-8H,1H3. The van der Waals surface area contributed by atoms with Crippen molar-refractivity contribution in [3.8, 4) is 5.69 Å². The SMILES string of the molecule is Cc1ccccc1-n1cc(Br)c2ncc(F)cc2c1=O. The van der Waals surface area contributed by atoms with Gasteiger partial charge in [-0.2, -0.15) is 0 Å². The Morgan fingerprint density at radius 3 is 2.80 bits per heavy atom. The first kappa shape index (κ1) is 13.0. The molecule has 1 aromatic carbocycles. The molecular formula is C15H10BrFN2O. The van der Waals surface area contributed by atoms with E-state index in [1.165, 1.54) is 10.6 Å². The van der Waals surface area contributed by atoms with Crippen LogP contribution in [0.3, 0.4) is 0 Å². The number of rotatable bonds is 1. The van der Waals surface area contributed by atoms with Crippen LogP contribution in [0.4, 0.5) is 4.39 Å². The quantitative estimate of drug-likeness (QED) is 0.682. The molecule has 2 aromatic heterocycles. The molecule has 0 fully saturated rings. The van der Waals surface area contributed by atoms with E-state index in [0.29, 0.717) is 9.99 Å². The minimum Gasteiger partial charge on any atom is -0.282 e. The topological polar surface area (TPSA) is 34.9 Å². The van der Waals surface area contributed by atoms with Gasteiger partial charge < -0.3 is 0 Å². The highest BCUT2D eigenvalue weighted by molar-refractivity contribution is 9.10. The first-order valence-corrected chi connectivity index (χ1v) is 6.79. The molecule has 2 heterocycles. The van der Waals surface area contributed by atoms with Crippen molar-refractivity contribution < 1.29 is 4.39 Å². The molecule has 100 valence electrons. The predicted octanol–water partition coefficient (Wildman–Crippen LogP) is 3.60. The Balaban J connectivity index is 2.42. The number of fused-ring (bicyclic) bond motifs is 1. The molecule has 0 N–H and O–H groups in total. The molecule has 0 radical (unpaired) electrons. The predicted molar refractivity (Wildman–Crippen MR) is 79.7 cm³/mol. The van der Waals surface area contributed by atoms with Crippen LogP contribution >= 0.6 is 15.9 Å². The van der Waals surface area contributed by atoms with E-state index in [0.717, 1.165) is 17.4 Å². The van der Waals surface area contributed by atoms with E-state index in [1.54, 1.807) is 6.20 Å². The summed E-state index contributed by atoms with van der Waals surface area (Å²) in [4.78, 5) is 16.5. The first-order chi connectivity index (χ1) is 9.58. The molecule has 3 aromatic rings. The number of pyridine rings is 2. The van der Waals surface area contributed by atoms with Crippen molar-refractivity contribution in [1.29, 1.82) is 0 Å². The summed E-state index contributed by atoms with van der Waals surface area (Å²) in [6, 6.07) is 8.74. The highest BCUT2D eigenvalue weighted by atomic mass is 79.9. The zero-order chi connectivity index (χ0) is 14.3. The van der Waals surface area contributed by atoms with Crippen LogP contribution in [0.15, 0.2) is 52.0 Å². The second-order valence-corrected chi connectivity index (χ2v) is 5.34. The lowest BCUT2D eigenvalue weighted by Crippen LogP contribution is -2.19. The number of hydrogen-bond donors (Lipinski definition) is 0. The summed E-state index contributed by atoms with van der Waals surface area (Å²) in [6.07, 6.45) is 2.77. The van der Waals surface area contributed by atoms with E-state index >= 15 is 0 Å². The van der Waals surface area contributed by atoms with Gasteiger partial charge in [0.2, 0.25) is 0 Å². The summed E-state index contributed by atoms with van der Waals surface area (Å²) < 4.78 is 15.5. The van der Waals surface area contributed by atoms with Crippen LogP contribution in [0.1, 0.15) is 5.56 Å². The maximum atomic E-state index is 13.3. The molecule has 20 heavy (non-hydrogen) atoms. The summed E-state index contributed by atoms with van der Waals surface area (Å²) in [5.41, 5.74) is 1.90. The Hall–Kier alpha value is -2.01. The molecule has 5 heteroatoms.